The fraction of sp³-hybridized carbons (Fsp3) is 0.800. The molecule has 2 fully saturated rings. The Hall–Kier alpha value is -1.87. The fourth-order valence-electron chi connectivity index (χ4n) is 3.41. The predicted molar refractivity (Wildman–Crippen MR) is 84.9 cm³/mol. The third-order valence-electron chi connectivity index (χ3n) is 4.88. The second-order valence-corrected chi connectivity index (χ2v) is 6.95. The van der Waals surface area contributed by atoms with Gasteiger partial charge in [0.1, 0.15) is 0 Å². The molecule has 0 bridgehead atoms. The summed E-state index contributed by atoms with van der Waals surface area (Å²) >= 11 is 0. The molecule has 0 aromatic carbocycles. The molecule has 3 heterocycles. The minimum absolute atomic E-state index is 0.496. The van der Waals surface area contributed by atoms with Gasteiger partial charge in [-0.1, -0.05) is 5.16 Å². The molecular formula is C15H24N8O. The summed E-state index contributed by atoms with van der Waals surface area (Å²) in [5.41, 5.74) is 0. The first kappa shape index (κ1) is 15.6. The smallest absolute Gasteiger partial charge is 0.223 e. The van der Waals surface area contributed by atoms with Crippen LogP contribution in [0, 0.1) is 6.92 Å². The van der Waals surface area contributed by atoms with Crippen molar-refractivity contribution in [2.75, 3.05) is 20.1 Å². The second kappa shape index (κ2) is 6.56. The highest BCUT2D eigenvalue weighted by atomic mass is 16.5. The van der Waals surface area contributed by atoms with Crippen molar-refractivity contribution in [3.05, 3.63) is 17.5 Å². The summed E-state index contributed by atoms with van der Waals surface area (Å²) in [5, 5.41) is 16.2. The molecule has 130 valence electrons. The van der Waals surface area contributed by atoms with E-state index in [9.17, 15) is 0 Å². The first-order valence-electron chi connectivity index (χ1n) is 8.67. The summed E-state index contributed by atoms with van der Waals surface area (Å²) in [5.74, 6) is 2.38. The van der Waals surface area contributed by atoms with Gasteiger partial charge >= 0.3 is 0 Å². The van der Waals surface area contributed by atoms with Gasteiger partial charge in [0, 0.05) is 19.5 Å². The molecule has 0 unspecified atom stereocenters. The quantitative estimate of drug-likeness (QED) is 0.767. The van der Waals surface area contributed by atoms with Crippen LogP contribution in [0.5, 0.6) is 0 Å². The van der Waals surface area contributed by atoms with Crippen LogP contribution < -0.4 is 0 Å². The lowest BCUT2D eigenvalue weighted by molar-refractivity contribution is 0.102. The molecule has 0 spiro atoms. The summed E-state index contributed by atoms with van der Waals surface area (Å²) in [6.45, 7) is 5.46. The summed E-state index contributed by atoms with van der Waals surface area (Å²) in [6, 6.07) is 1.02. The molecular weight excluding hydrogens is 308 g/mol. The summed E-state index contributed by atoms with van der Waals surface area (Å²) < 4.78 is 7.07. The van der Waals surface area contributed by atoms with Crippen LogP contribution in [0.25, 0.3) is 0 Å². The molecule has 0 amide bonds. The molecule has 1 aliphatic carbocycles. The van der Waals surface area contributed by atoms with Gasteiger partial charge in [-0.15, -0.1) is 5.10 Å². The van der Waals surface area contributed by atoms with Crippen molar-refractivity contribution < 1.29 is 4.52 Å². The second-order valence-electron chi connectivity index (χ2n) is 6.95. The van der Waals surface area contributed by atoms with E-state index in [1.54, 1.807) is 0 Å². The molecule has 1 aliphatic heterocycles. The van der Waals surface area contributed by atoms with Crippen LogP contribution in [0.2, 0.25) is 0 Å². The number of hydrogen-bond acceptors (Lipinski definition) is 8. The third-order valence-corrected chi connectivity index (χ3v) is 4.88. The zero-order valence-corrected chi connectivity index (χ0v) is 14.3. The minimum atomic E-state index is 0.496. The molecule has 1 atom stereocenters. The Morgan fingerprint density at radius 3 is 2.92 bits per heavy atom. The molecule has 2 aromatic heterocycles. The molecule has 0 N–H and O–H groups in total. The number of likely N-dealkylation sites (tertiary alicyclic amines) is 1. The molecule has 4 rings (SSSR count). The average molecular weight is 332 g/mol. The molecule has 2 aromatic rings. The lowest BCUT2D eigenvalue weighted by atomic mass is 10.0. The monoisotopic (exact) mass is 332 g/mol. The number of aryl methyl sites for hydroxylation is 1. The maximum absolute atomic E-state index is 5.07. The molecule has 2 aliphatic rings. The lowest BCUT2D eigenvalue weighted by Gasteiger charge is -2.36. The van der Waals surface area contributed by atoms with Crippen molar-refractivity contribution in [1.29, 1.82) is 0 Å². The van der Waals surface area contributed by atoms with Crippen LogP contribution in [0.4, 0.5) is 0 Å². The minimum Gasteiger partial charge on any atom is -0.340 e. The first-order chi connectivity index (χ1) is 11.7. The Morgan fingerprint density at radius 2 is 2.17 bits per heavy atom. The highest BCUT2D eigenvalue weighted by Gasteiger charge is 2.30. The van der Waals surface area contributed by atoms with Crippen LogP contribution in [0.3, 0.4) is 0 Å². The number of likely N-dealkylation sites (N-methyl/N-ethyl adjacent to an activating group) is 1. The van der Waals surface area contributed by atoms with Gasteiger partial charge < -0.3 is 4.52 Å². The van der Waals surface area contributed by atoms with Crippen LogP contribution in [0.1, 0.15) is 49.3 Å². The summed E-state index contributed by atoms with van der Waals surface area (Å²) in [4.78, 5) is 9.09. The Kier molecular flexibility index (Phi) is 4.28. The summed E-state index contributed by atoms with van der Waals surface area (Å²) in [6.07, 6.45) is 4.77. The largest absolute Gasteiger partial charge is 0.340 e. The van der Waals surface area contributed by atoms with E-state index < -0.39 is 0 Å². The fourth-order valence-corrected chi connectivity index (χ4v) is 3.41. The number of piperidine rings is 1. The first-order valence-corrected chi connectivity index (χ1v) is 8.67. The van der Waals surface area contributed by atoms with E-state index in [1.807, 2.05) is 11.6 Å². The van der Waals surface area contributed by atoms with Crippen LogP contribution in [-0.2, 0) is 13.1 Å². The molecule has 1 saturated heterocycles. The van der Waals surface area contributed by atoms with Crippen LogP contribution in [0.15, 0.2) is 4.52 Å². The normalized spacial score (nSPS) is 22.4. The Morgan fingerprint density at radius 1 is 1.29 bits per heavy atom. The maximum Gasteiger partial charge on any atom is 0.223 e. The number of aromatic nitrogens is 6. The van der Waals surface area contributed by atoms with Crippen molar-refractivity contribution in [1.82, 2.24) is 40.1 Å². The zero-order chi connectivity index (χ0) is 16.5. The van der Waals surface area contributed by atoms with Gasteiger partial charge in [-0.25, -0.2) is 4.68 Å². The zero-order valence-electron chi connectivity index (χ0n) is 14.3. The van der Waals surface area contributed by atoms with Gasteiger partial charge in [-0.05, 0) is 49.7 Å². The molecule has 0 radical (unpaired) electrons. The molecule has 1 saturated carbocycles. The standard InChI is InChI=1S/C15H24N8O/c1-11-16-14(18-24-11)9-22-7-3-4-13(8-22)21(2)10-15-17-19-20-23(15)12-5-6-12/h12-13H,3-10H2,1-2H3/t13-/m1/s1. The van der Waals surface area contributed by atoms with E-state index >= 15 is 0 Å². The third kappa shape index (κ3) is 3.46. The van der Waals surface area contributed by atoms with E-state index in [0.29, 0.717) is 18.0 Å². The number of rotatable bonds is 6. The van der Waals surface area contributed by atoms with Gasteiger partial charge in [0.05, 0.1) is 19.1 Å². The Balaban J connectivity index is 1.35. The molecule has 24 heavy (non-hydrogen) atoms. The lowest BCUT2D eigenvalue weighted by Crippen LogP contribution is -2.46. The molecule has 9 heteroatoms. The van der Waals surface area contributed by atoms with Crippen molar-refractivity contribution in [3.8, 4) is 0 Å². The van der Waals surface area contributed by atoms with Gasteiger partial charge in [0.25, 0.3) is 0 Å². The van der Waals surface area contributed by atoms with Gasteiger partial charge in [0.15, 0.2) is 11.6 Å². The van der Waals surface area contributed by atoms with Gasteiger partial charge in [-0.3, -0.25) is 9.80 Å². The molecule has 9 nitrogen and oxygen atoms in total. The number of hydrogen-bond donors (Lipinski definition) is 0. The SMILES string of the molecule is Cc1nc(CN2CCC[C@@H](N(C)Cc3nnnn3C3CC3)C2)no1. The average Bonchev–Trinajstić information content (AvgIpc) is 3.19. The van der Waals surface area contributed by atoms with Crippen LogP contribution >= 0.6 is 0 Å². The van der Waals surface area contributed by atoms with Crippen molar-refractivity contribution in [2.45, 2.75) is 57.8 Å². The van der Waals surface area contributed by atoms with Crippen molar-refractivity contribution in [2.24, 2.45) is 0 Å². The van der Waals surface area contributed by atoms with Crippen molar-refractivity contribution >= 4 is 0 Å². The van der Waals surface area contributed by atoms with E-state index in [0.717, 1.165) is 37.8 Å². The highest BCUT2D eigenvalue weighted by Crippen LogP contribution is 2.34. The number of nitrogens with zero attached hydrogens (tertiary/aromatic N) is 8. The Bertz CT molecular complexity index is 679. The van der Waals surface area contributed by atoms with Gasteiger partial charge in [-0.2, -0.15) is 4.98 Å². The predicted octanol–water partition coefficient (Wildman–Crippen LogP) is 0.796. The van der Waals surface area contributed by atoms with Crippen LogP contribution in [-0.4, -0.2) is 66.3 Å². The van der Waals surface area contributed by atoms with Crippen molar-refractivity contribution in [3.63, 3.8) is 0 Å². The van der Waals surface area contributed by atoms with E-state index in [2.05, 4.69) is 42.5 Å². The Labute approximate surface area is 141 Å². The summed E-state index contributed by atoms with van der Waals surface area (Å²) in [7, 11) is 2.17. The van der Waals surface area contributed by atoms with E-state index in [1.165, 1.54) is 25.7 Å². The van der Waals surface area contributed by atoms with E-state index in [4.69, 9.17) is 4.52 Å². The number of tetrazole rings is 1. The topological polar surface area (TPSA) is 89.0 Å². The van der Waals surface area contributed by atoms with Gasteiger partial charge in [0.2, 0.25) is 5.89 Å². The van der Waals surface area contributed by atoms with E-state index in [-0.39, 0.29) is 0 Å². The highest BCUT2D eigenvalue weighted by molar-refractivity contribution is 4.92. The maximum atomic E-state index is 5.07.